The Morgan fingerprint density at radius 3 is 2.45 bits per heavy atom. The third-order valence-corrected chi connectivity index (χ3v) is 5.05. The molecule has 0 bridgehead atoms. The van der Waals surface area contributed by atoms with Gasteiger partial charge >= 0.3 is 0 Å². The van der Waals surface area contributed by atoms with Crippen LogP contribution >= 0.6 is 0 Å². The maximum Gasteiger partial charge on any atom is 0.262 e. The molecule has 5 nitrogen and oxygen atoms in total. The summed E-state index contributed by atoms with van der Waals surface area (Å²) in [4.78, 5) is 28.6. The van der Waals surface area contributed by atoms with Gasteiger partial charge in [0.05, 0.1) is 30.5 Å². The first-order valence-corrected chi connectivity index (χ1v) is 8.06. The van der Waals surface area contributed by atoms with E-state index in [0.29, 0.717) is 30.4 Å². The lowest BCUT2D eigenvalue weighted by atomic mass is 9.90. The Hall–Kier alpha value is -1.72. The van der Waals surface area contributed by atoms with Crippen LogP contribution in [0, 0.1) is 0 Å². The molecule has 1 saturated carbocycles. The van der Waals surface area contributed by atoms with Crippen LogP contribution in [-0.2, 0) is 4.74 Å². The van der Waals surface area contributed by atoms with Gasteiger partial charge in [-0.05, 0) is 25.0 Å². The summed E-state index contributed by atoms with van der Waals surface area (Å²) in [5.74, 6) is -0.334. The molecule has 2 heterocycles. The summed E-state index contributed by atoms with van der Waals surface area (Å²) in [5.41, 5.74) is 1.06. The van der Waals surface area contributed by atoms with E-state index in [2.05, 4.69) is 4.90 Å². The zero-order chi connectivity index (χ0) is 15.1. The minimum atomic E-state index is -0.167. The molecule has 4 rings (SSSR count). The van der Waals surface area contributed by atoms with Gasteiger partial charge in [-0.15, -0.1) is 0 Å². The Morgan fingerprint density at radius 2 is 1.73 bits per heavy atom. The lowest BCUT2D eigenvalue weighted by Gasteiger charge is -2.44. The SMILES string of the molecule is O=C1c2ccccc2C(=O)N1CN1CCOC2CCCCC21. The molecule has 0 spiro atoms. The van der Waals surface area contributed by atoms with E-state index in [1.807, 2.05) is 0 Å². The van der Waals surface area contributed by atoms with Crippen LogP contribution in [0.1, 0.15) is 46.4 Å². The predicted molar refractivity (Wildman–Crippen MR) is 80.5 cm³/mol. The molecular weight excluding hydrogens is 280 g/mol. The molecule has 5 heteroatoms. The molecule has 0 aromatic heterocycles. The molecule has 2 amide bonds. The molecule has 1 saturated heterocycles. The number of ether oxygens (including phenoxy) is 1. The lowest BCUT2D eigenvalue weighted by Crippen LogP contribution is -2.56. The molecule has 22 heavy (non-hydrogen) atoms. The van der Waals surface area contributed by atoms with Gasteiger partial charge < -0.3 is 4.74 Å². The molecular formula is C17H20N2O3. The molecule has 2 fully saturated rings. The summed E-state index contributed by atoms with van der Waals surface area (Å²) in [6.45, 7) is 1.86. The highest BCUT2D eigenvalue weighted by molar-refractivity contribution is 6.21. The van der Waals surface area contributed by atoms with Crippen LogP contribution in [0.3, 0.4) is 0 Å². The highest BCUT2D eigenvalue weighted by Crippen LogP contribution is 2.30. The Morgan fingerprint density at radius 1 is 1.05 bits per heavy atom. The molecule has 2 atom stereocenters. The van der Waals surface area contributed by atoms with E-state index in [4.69, 9.17) is 4.74 Å². The van der Waals surface area contributed by atoms with Crippen molar-refractivity contribution in [1.82, 2.24) is 9.80 Å². The minimum Gasteiger partial charge on any atom is -0.375 e. The number of fused-ring (bicyclic) bond motifs is 2. The third kappa shape index (κ3) is 2.16. The Kier molecular flexibility index (Phi) is 3.47. The van der Waals surface area contributed by atoms with Crippen molar-refractivity contribution in [2.24, 2.45) is 0 Å². The van der Waals surface area contributed by atoms with Crippen molar-refractivity contribution in [2.45, 2.75) is 37.8 Å². The molecule has 1 aliphatic carbocycles. The fourth-order valence-corrected chi connectivity index (χ4v) is 3.90. The summed E-state index contributed by atoms with van der Waals surface area (Å²) in [5, 5.41) is 0. The Bertz CT molecular complexity index is 579. The van der Waals surface area contributed by atoms with Gasteiger partial charge in [0.25, 0.3) is 11.8 Å². The van der Waals surface area contributed by atoms with Crippen LogP contribution in [0.25, 0.3) is 0 Å². The van der Waals surface area contributed by atoms with Crippen molar-refractivity contribution in [3.63, 3.8) is 0 Å². The van der Waals surface area contributed by atoms with Gasteiger partial charge in [0.1, 0.15) is 0 Å². The largest absolute Gasteiger partial charge is 0.375 e. The first-order chi connectivity index (χ1) is 10.8. The maximum atomic E-state index is 12.5. The molecule has 2 unspecified atom stereocenters. The summed E-state index contributed by atoms with van der Waals surface area (Å²) in [6.07, 6.45) is 4.85. The maximum absolute atomic E-state index is 12.5. The van der Waals surface area contributed by atoms with E-state index in [1.165, 1.54) is 17.7 Å². The summed E-state index contributed by atoms with van der Waals surface area (Å²) < 4.78 is 5.86. The summed E-state index contributed by atoms with van der Waals surface area (Å²) in [7, 11) is 0. The zero-order valence-corrected chi connectivity index (χ0v) is 12.5. The van der Waals surface area contributed by atoms with Crippen molar-refractivity contribution in [3.05, 3.63) is 35.4 Å². The molecule has 3 aliphatic rings. The average Bonchev–Trinajstić information content (AvgIpc) is 2.81. The van der Waals surface area contributed by atoms with Crippen LogP contribution in [0.15, 0.2) is 24.3 Å². The number of hydrogen-bond acceptors (Lipinski definition) is 4. The minimum absolute atomic E-state index is 0.167. The second-order valence-electron chi connectivity index (χ2n) is 6.30. The lowest BCUT2D eigenvalue weighted by molar-refractivity contribution is -0.0966. The highest BCUT2D eigenvalue weighted by Gasteiger charge is 2.40. The fourth-order valence-electron chi connectivity index (χ4n) is 3.90. The first-order valence-electron chi connectivity index (χ1n) is 8.06. The van der Waals surface area contributed by atoms with Crippen molar-refractivity contribution in [2.75, 3.05) is 19.8 Å². The predicted octanol–water partition coefficient (Wildman–Crippen LogP) is 1.88. The normalized spacial score (nSPS) is 28.6. The van der Waals surface area contributed by atoms with E-state index in [-0.39, 0.29) is 17.9 Å². The molecule has 116 valence electrons. The van der Waals surface area contributed by atoms with Gasteiger partial charge in [0, 0.05) is 12.6 Å². The topological polar surface area (TPSA) is 49.9 Å². The van der Waals surface area contributed by atoms with E-state index >= 15 is 0 Å². The third-order valence-electron chi connectivity index (χ3n) is 5.05. The zero-order valence-electron chi connectivity index (χ0n) is 12.5. The molecule has 2 aliphatic heterocycles. The van der Waals surface area contributed by atoms with Gasteiger partial charge in [-0.1, -0.05) is 25.0 Å². The number of morpholine rings is 1. The van der Waals surface area contributed by atoms with E-state index in [0.717, 1.165) is 19.4 Å². The van der Waals surface area contributed by atoms with Crippen LogP contribution < -0.4 is 0 Å². The summed E-state index contributed by atoms with van der Waals surface area (Å²) >= 11 is 0. The standard InChI is InChI=1S/C17H20N2O3/c20-16-12-5-1-2-6-13(12)17(21)19(16)11-18-9-10-22-15-8-4-3-7-14(15)18/h1-2,5-6,14-15H,3-4,7-11H2. The van der Waals surface area contributed by atoms with E-state index in [9.17, 15) is 9.59 Å². The van der Waals surface area contributed by atoms with Crippen molar-refractivity contribution >= 4 is 11.8 Å². The van der Waals surface area contributed by atoms with E-state index < -0.39 is 0 Å². The Labute approximate surface area is 129 Å². The van der Waals surface area contributed by atoms with Crippen molar-refractivity contribution in [1.29, 1.82) is 0 Å². The fraction of sp³-hybridized carbons (Fsp3) is 0.529. The molecule has 0 N–H and O–H groups in total. The number of nitrogens with zero attached hydrogens (tertiary/aromatic N) is 2. The smallest absolute Gasteiger partial charge is 0.262 e. The first kappa shape index (κ1) is 13.9. The number of rotatable bonds is 2. The number of imide groups is 1. The highest BCUT2D eigenvalue weighted by atomic mass is 16.5. The second kappa shape index (κ2) is 5.48. The quantitative estimate of drug-likeness (QED) is 0.783. The van der Waals surface area contributed by atoms with Crippen LogP contribution in [-0.4, -0.2) is 53.6 Å². The number of hydrogen-bond donors (Lipinski definition) is 0. The van der Waals surface area contributed by atoms with Crippen LogP contribution in [0.2, 0.25) is 0 Å². The van der Waals surface area contributed by atoms with Gasteiger partial charge in [-0.2, -0.15) is 0 Å². The van der Waals surface area contributed by atoms with Gasteiger partial charge in [0.2, 0.25) is 0 Å². The number of carbonyl (C=O) groups excluding carboxylic acids is 2. The summed E-state index contributed by atoms with van der Waals surface area (Å²) in [6, 6.07) is 7.42. The van der Waals surface area contributed by atoms with Crippen molar-refractivity contribution < 1.29 is 14.3 Å². The van der Waals surface area contributed by atoms with Gasteiger partial charge in [-0.25, -0.2) is 0 Å². The van der Waals surface area contributed by atoms with E-state index in [1.54, 1.807) is 24.3 Å². The van der Waals surface area contributed by atoms with Gasteiger partial charge in [0.15, 0.2) is 0 Å². The number of amides is 2. The molecule has 1 aromatic carbocycles. The monoisotopic (exact) mass is 300 g/mol. The second-order valence-corrected chi connectivity index (χ2v) is 6.30. The van der Waals surface area contributed by atoms with Crippen LogP contribution in [0.4, 0.5) is 0 Å². The Balaban J connectivity index is 1.54. The number of carbonyl (C=O) groups is 2. The van der Waals surface area contributed by atoms with Crippen LogP contribution in [0.5, 0.6) is 0 Å². The molecule has 1 aromatic rings. The number of benzene rings is 1. The van der Waals surface area contributed by atoms with Crippen molar-refractivity contribution in [3.8, 4) is 0 Å². The van der Waals surface area contributed by atoms with Gasteiger partial charge in [-0.3, -0.25) is 19.4 Å². The average molecular weight is 300 g/mol. The molecule has 0 radical (unpaired) electrons.